The predicted molar refractivity (Wildman–Crippen MR) is 146 cm³/mol. The van der Waals surface area contributed by atoms with Crippen molar-refractivity contribution in [2.24, 2.45) is 0 Å². The van der Waals surface area contributed by atoms with Crippen molar-refractivity contribution in [1.29, 1.82) is 0 Å². The molecule has 0 saturated carbocycles. The van der Waals surface area contributed by atoms with Crippen LogP contribution in [0, 0.1) is 0 Å². The van der Waals surface area contributed by atoms with E-state index in [9.17, 15) is 40.7 Å². The van der Waals surface area contributed by atoms with Crippen molar-refractivity contribution in [2.75, 3.05) is 11.9 Å². The highest BCUT2D eigenvalue weighted by atomic mass is 32.2. The van der Waals surface area contributed by atoms with Gasteiger partial charge in [-0.25, -0.2) is 0 Å². The average Bonchev–Trinajstić information content (AvgIpc) is 3.44. The van der Waals surface area contributed by atoms with Crippen LogP contribution in [-0.4, -0.2) is 38.7 Å². The van der Waals surface area contributed by atoms with E-state index in [2.05, 4.69) is 5.32 Å². The Kier molecular flexibility index (Phi) is 8.61. The van der Waals surface area contributed by atoms with Gasteiger partial charge < -0.3 is 10.4 Å². The molecule has 0 spiro atoms. The summed E-state index contributed by atoms with van der Waals surface area (Å²) < 4.78 is 79.5. The number of carbonyl (C=O) groups excluding carboxylic acids is 2. The van der Waals surface area contributed by atoms with E-state index in [0.717, 1.165) is 28.0 Å². The Morgan fingerprint density at radius 3 is 2.12 bits per heavy atom. The summed E-state index contributed by atoms with van der Waals surface area (Å²) in [6.45, 7) is -0.418. The van der Waals surface area contributed by atoms with Crippen molar-refractivity contribution >= 4 is 69.2 Å². The molecule has 2 N–H and O–H groups in total. The van der Waals surface area contributed by atoms with Crippen LogP contribution in [0.3, 0.4) is 0 Å². The van der Waals surface area contributed by atoms with Crippen molar-refractivity contribution in [3.8, 4) is 11.1 Å². The van der Waals surface area contributed by atoms with E-state index in [4.69, 9.17) is 17.3 Å². The normalized spacial score (nSPS) is 15.1. The lowest BCUT2D eigenvalue weighted by Gasteiger charge is -2.14. The minimum atomic E-state index is -4.99. The number of nitrogens with one attached hydrogen (secondary N) is 1. The summed E-state index contributed by atoms with van der Waals surface area (Å²) in [5.74, 6) is -2.17. The monoisotopic (exact) mass is 630 g/mol. The number of alkyl halides is 6. The molecule has 1 aliphatic rings. The Morgan fingerprint density at radius 2 is 1.56 bits per heavy atom. The molecule has 0 aliphatic carbocycles. The van der Waals surface area contributed by atoms with Gasteiger partial charge in [-0.2, -0.15) is 26.3 Å². The maximum atomic E-state index is 13.2. The Bertz CT molecular complexity index is 1530. The number of anilines is 1. The fraction of sp³-hybridized carbons (Fsp3) is 0.154. The van der Waals surface area contributed by atoms with Gasteiger partial charge in [0.2, 0.25) is 5.91 Å². The van der Waals surface area contributed by atoms with Crippen LogP contribution in [0.1, 0.15) is 21.6 Å². The van der Waals surface area contributed by atoms with Gasteiger partial charge in [-0.05, 0) is 64.5 Å². The lowest BCUT2D eigenvalue weighted by atomic mass is 10.0. The van der Waals surface area contributed by atoms with E-state index in [0.29, 0.717) is 28.3 Å². The second-order valence-corrected chi connectivity index (χ2v) is 11.2. The third kappa shape index (κ3) is 7.54. The fourth-order valence-electron chi connectivity index (χ4n) is 3.69. The van der Waals surface area contributed by atoms with Crippen molar-refractivity contribution in [1.82, 2.24) is 4.90 Å². The molecule has 0 bridgehead atoms. The third-order valence-electron chi connectivity index (χ3n) is 5.58. The SMILES string of the molecule is O=C(O)Cc1ccc(NC(=O)CN2C(=O)C(=Cc3cc(-c4cc(C(F)(F)F)cc(C(F)(F)F)c4)cs3)SC2=S)cc1. The summed E-state index contributed by atoms with van der Waals surface area (Å²) in [7, 11) is 0. The minimum Gasteiger partial charge on any atom is -0.481 e. The Hall–Kier alpha value is -3.69. The van der Waals surface area contributed by atoms with Gasteiger partial charge >= 0.3 is 18.3 Å². The van der Waals surface area contributed by atoms with Crippen LogP contribution in [0.2, 0.25) is 0 Å². The number of carbonyl (C=O) groups is 3. The first-order chi connectivity index (χ1) is 19.1. The molecule has 214 valence electrons. The molecule has 0 atom stereocenters. The van der Waals surface area contributed by atoms with Crippen LogP contribution in [0.5, 0.6) is 0 Å². The molecule has 1 aliphatic heterocycles. The lowest BCUT2D eigenvalue weighted by molar-refractivity contribution is -0.143. The molecule has 41 heavy (non-hydrogen) atoms. The number of aliphatic carboxylic acids is 1. The first-order valence-electron chi connectivity index (χ1n) is 11.3. The predicted octanol–water partition coefficient (Wildman–Crippen LogP) is 6.92. The Morgan fingerprint density at radius 1 is 0.951 bits per heavy atom. The third-order valence-corrected chi connectivity index (χ3v) is 7.84. The highest BCUT2D eigenvalue weighted by molar-refractivity contribution is 8.26. The van der Waals surface area contributed by atoms with Crippen molar-refractivity contribution in [3.63, 3.8) is 0 Å². The second-order valence-electron chi connectivity index (χ2n) is 8.62. The molecule has 2 heterocycles. The lowest BCUT2D eigenvalue weighted by Crippen LogP contribution is -2.36. The summed E-state index contributed by atoms with van der Waals surface area (Å²) in [5, 5.41) is 12.8. The second kappa shape index (κ2) is 11.7. The first kappa shape index (κ1) is 30.3. The van der Waals surface area contributed by atoms with Crippen LogP contribution >= 0.6 is 35.3 Å². The minimum absolute atomic E-state index is 0.0484. The molecular formula is C26H16F6N2O4S3. The largest absolute Gasteiger partial charge is 0.481 e. The van der Waals surface area contributed by atoms with Gasteiger partial charge in [-0.15, -0.1) is 11.3 Å². The van der Waals surface area contributed by atoms with Crippen LogP contribution in [0.25, 0.3) is 17.2 Å². The first-order valence-corrected chi connectivity index (χ1v) is 13.4. The number of thiophene rings is 1. The zero-order valence-corrected chi connectivity index (χ0v) is 22.7. The summed E-state index contributed by atoms with van der Waals surface area (Å²) in [5.41, 5.74) is -2.16. The summed E-state index contributed by atoms with van der Waals surface area (Å²) in [6.07, 6.45) is -8.76. The van der Waals surface area contributed by atoms with Crippen LogP contribution < -0.4 is 5.32 Å². The maximum Gasteiger partial charge on any atom is 0.416 e. The number of benzene rings is 2. The van der Waals surface area contributed by atoms with E-state index in [1.165, 1.54) is 41.8 Å². The molecule has 3 aromatic rings. The summed E-state index contributed by atoms with van der Waals surface area (Å²) in [6, 6.07) is 8.74. The molecule has 0 radical (unpaired) electrons. The number of thioether (sulfide) groups is 1. The van der Waals surface area contributed by atoms with E-state index in [-0.39, 0.29) is 32.8 Å². The van der Waals surface area contributed by atoms with Crippen molar-refractivity contribution in [2.45, 2.75) is 18.8 Å². The molecule has 2 amide bonds. The molecule has 1 aromatic heterocycles. The number of hydrogen-bond acceptors (Lipinski definition) is 6. The highest BCUT2D eigenvalue weighted by Gasteiger charge is 2.37. The number of amides is 2. The number of carboxylic acids is 1. The Balaban J connectivity index is 1.48. The van der Waals surface area contributed by atoms with Gasteiger partial charge in [0.15, 0.2) is 0 Å². The molecule has 15 heteroatoms. The maximum absolute atomic E-state index is 13.2. The van der Waals surface area contributed by atoms with Crippen molar-refractivity contribution in [3.05, 3.63) is 80.4 Å². The van der Waals surface area contributed by atoms with Gasteiger partial charge in [0.25, 0.3) is 5.91 Å². The smallest absolute Gasteiger partial charge is 0.416 e. The van der Waals surface area contributed by atoms with Crippen molar-refractivity contribution < 1.29 is 45.8 Å². The van der Waals surface area contributed by atoms with Crippen LogP contribution in [0.4, 0.5) is 32.0 Å². The van der Waals surface area contributed by atoms with Crippen LogP contribution in [0.15, 0.2) is 58.8 Å². The molecule has 0 unspecified atom stereocenters. The van der Waals surface area contributed by atoms with Gasteiger partial charge in [0, 0.05) is 10.6 Å². The molecule has 1 fully saturated rings. The number of nitrogens with zero attached hydrogens (tertiary/aromatic N) is 1. The zero-order chi connectivity index (χ0) is 30.1. The summed E-state index contributed by atoms with van der Waals surface area (Å²) >= 11 is 7.11. The Labute approximate surface area is 241 Å². The number of rotatable bonds is 7. The van der Waals surface area contributed by atoms with E-state index in [1.54, 1.807) is 0 Å². The van der Waals surface area contributed by atoms with Gasteiger partial charge in [-0.3, -0.25) is 19.3 Å². The van der Waals surface area contributed by atoms with Gasteiger partial charge in [0.1, 0.15) is 10.9 Å². The summed E-state index contributed by atoms with van der Waals surface area (Å²) in [4.78, 5) is 37.7. The molecular weight excluding hydrogens is 614 g/mol. The van der Waals surface area contributed by atoms with Gasteiger partial charge in [0.05, 0.1) is 22.5 Å². The standard InChI is InChI=1S/C26H16F6N2O4S3/c27-25(28,29)16-6-14(7-17(9-16)26(30,31)32)15-8-19(40-12-15)10-20-23(38)34(24(39)41-20)11-21(35)33-18-3-1-13(2-4-18)5-22(36)37/h1-4,6-10,12H,5,11H2,(H,33,35)(H,36,37). The van der Waals surface area contributed by atoms with Gasteiger partial charge in [-0.1, -0.05) is 36.1 Å². The fourth-order valence-corrected chi connectivity index (χ4v) is 5.86. The number of halogens is 6. The molecule has 1 saturated heterocycles. The topological polar surface area (TPSA) is 86.7 Å². The zero-order valence-electron chi connectivity index (χ0n) is 20.3. The van der Waals surface area contributed by atoms with E-state index >= 15 is 0 Å². The van der Waals surface area contributed by atoms with Crippen LogP contribution in [-0.2, 0) is 33.2 Å². The number of thiocarbonyl (C=S) groups is 1. The quantitative estimate of drug-likeness (QED) is 0.168. The number of hydrogen-bond donors (Lipinski definition) is 2. The molecule has 4 rings (SSSR count). The van der Waals surface area contributed by atoms with E-state index in [1.807, 2.05) is 0 Å². The molecule has 6 nitrogen and oxygen atoms in total. The average molecular weight is 631 g/mol. The number of carboxylic acid groups (broad SMARTS) is 1. The molecule has 2 aromatic carbocycles. The van der Waals surface area contributed by atoms with E-state index < -0.39 is 47.8 Å². The highest BCUT2D eigenvalue weighted by Crippen LogP contribution is 2.40.